The Bertz CT molecular complexity index is 778. The predicted molar refractivity (Wildman–Crippen MR) is 115 cm³/mol. The number of hydrogen-bond donors (Lipinski definition) is 1. The summed E-state index contributed by atoms with van der Waals surface area (Å²) in [5.74, 6) is 1.66. The van der Waals surface area contributed by atoms with Crippen LogP contribution in [0, 0.1) is 13.8 Å². The molecule has 7 nitrogen and oxygen atoms in total. The summed E-state index contributed by atoms with van der Waals surface area (Å²) in [7, 11) is 0.281. The number of rotatable bonds is 3. The number of aromatic nitrogens is 1. The van der Waals surface area contributed by atoms with Crippen molar-refractivity contribution in [1.82, 2.24) is 15.2 Å². The monoisotopic (exact) mass is 496 g/mol. The fourth-order valence-corrected chi connectivity index (χ4v) is 4.43. The van der Waals surface area contributed by atoms with Crippen molar-refractivity contribution in [2.45, 2.75) is 39.0 Å². The quantitative estimate of drug-likeness (QED) is 0.391. The molecular formula is C17H29IN4O3S. The number of ether oxygens (including phenoxy) is 1. The Balaban J connectivity index is 0.00000338. The standard InChI is InChI=1S/C17H28N4O3S.HI/c1-12-9-19-14(13(2)15(12)24-6)10-20-16(18-5)21-7-8-25(22,23)17(3,4)11-21;/h9H,7-8,10-11H2,1-6H3,(H,18,20);1H. The summed E-state index contributed by atoms with van der Waals surface area (Å²) in [5.41, 5.74) is 2.87. The van der Waals surface area contributed by atoms with E-state index in [-0.39, 0.29) is 29.7 Å². The summed E-state index contributed by atoms with van der Waals surface area (Å²) in [6.45, 7) is 8.82. The highest BCUT2D eigenvalue weighted by Gasteiger charge is 2.40. The number of aliphatic imine (C=N–C) groups is 1. The molecule has 1 N–H and O–H groups in total. The van der Waals surface area contributed by atoms with Gasteiger partial charge in [0.15, 0.2) is 15.8 Å². The van der Waals surface area contributed by atoms with Crippen LogP contribution in [0.15, 0.2) is 11.2 Å². The molecule has 0 bridgehead atoms. The van der Waals surface area contributed by atoms with E-state index in [0.717, 1.165) is 22.6 Å². The molecule has 0 aromatic carbocycles. The highest BCUT2D eigenvalue weighted by Crippen LogP contribution is 2.25. The molecule has 1 aromatic heterocycles. The minimum absolute atomic E-state index is 0. The second kappa shape index (κ2) is 8.73. The average molecular weight is 496 g/mol. The Kier molecular flexibility index (Phi) is 7.70. The average Bonchev–Trinajstić information content (AvgIpc) is 2.53. The molecule has 0 spiro atoms. The number of sulfone groups is 1. The van der Waals surface area contributed by atoms with Gasteiger partial charge in [-0.3, -0.25) is 9.98 Å². The first-order valence-corrected chi connectivity index (χ1v) is 9.95. The molecule has 0 saturated carbocycles. The van der Waals surface area contributed by atoms with Crippen molar-refractivity contribution < 1.29 is 13.2 Å². The topological polar surface area (TPSA) is 83.9 Å². The molecule has 1 aliphatic rings. The summed E-state index contributed by atoms with van der Waals surface area (Å²) >= 11 is 0. The molecule has 1 saturated heterocycles. The van der Waals surface area contributed by atoms with Crippen LogP contribution in [0.25, 0.3) is 0 Å². The Labute approximate surface area is 173 Å². The summed E-state index contributed by atoms with van der Waals surface area (Å²) in [6, 6.07) is 0. The first-order valence-electron chi connectivity index (χ1n) is 8.30. The third-order valence-electron chi connectivity index (χ3n) is 4.72. The van der Waals surface area contributed by atoms with Crippen molar-refractivity contribution in [3.8, 4) is 5.75 Å². The third-order valence-corrected chi connectivity index (χ3v) is 7.25. The molecule has 1 fully saturated rings. The smallest absolute Gasteiger partial charge is 0.194 e. The van der Waals surface area contributed by atoms with Gasteiger partial charge in [0.05, 0.1) is 29.8 Å². The molecule has 1 aliphatic heterocycles. The summed E-state index contributed by atoms with van der Waals surface area (Å²) in [4.78, 5) is 10.8. The van der Waals surface area contributed by atoms with Crippen LogP contribution in [0.3, 0.4) is 0 Å². The van der Waals surface area contributed by atoms with Crippen LogP contribution in [-0.2, 0) is 16.4 Å². The van der Waals surface area contributed by atoms with E-state index < -0.39 is 14.6 Å². The van der Waals surface area contributed by atoms with E-state index in [1.807, 2.05) is 18.7 Å². The van der Waals surface area contributed by atoms with Gasteiger partial charge in [0.25, 0.3) is 0 Å². The molecule has 0 radical (unpaired) electrons. The van der Waals surface area contributed by atoms with Gasteiger partial charge in [0.1, 0.15) is 5.75 Å². The van der Waals surface area contributed by atoms with E-state index in [1.165, 1.54) is 0 Å². The Morgan fingerprint density at radius 3 is 2.62 bits per heavy atom. The first kappa shape index (κ1) is 22.9. The summed E-state index contributed by atoms with van der Waals surface area (Å²) < 4.78 is 29.0. The van der Waals surface area contributed by atoms with Crippen LogP contribution in [0.5, 0.6) is 5.75 Å². The lowest BCUT2D eigenvalue weighted by Crippen LogP contribution is -2.57. The largest absolute Gasteiger partial charge is 0.496 e. The zero-order chi connectivity index (χ0) is 18.8. The lowest BCUT2D eigenvalue weighted by Gasteiger charge is -2.39. The van der Waals surface area contributed by atoms with Crippen molar-refractivity contribution in [2.75, 3.05) is 33.0 Å². The Morgan fingerprint density at radius 2 is 2.08 bits per heavy atom. The fraction of sp³-hybridized carbons (Fsp3) is 0.647. The Hall–Kier alpha value is -1.10. The number of aryl methyl sites for hydroxylation is 1. The minimum atomic E-state index is -3.08. The molecule has 26 heavy (non-hydrogen) atoms. The number of hydrogen-bond acceptors (Lipinski definition) is 5. The van der Waals surface area contributed by atoms with E-state index in [4.69, 9.17) is 4.74 Å². The normalized spacial score (nSPS) is 18.8. The zero-order valence-corrected chi connectivity index (χ0v) is 19.4. The van der Waals surface area contributed by atoms with Crippen molar-refractivity contribution in [3.05, 3.63) is 23.0 Å². The van der Waals surface area contributed by atoms with Gasteiger partial charge in [0.2, 0.25) is 0 Å². The number of pyridine rings is 1. The lowest BCUT2D eigenvalue weighted by atomic mass is 10.1. The molecule has 2 rings (SSSR count). The molecule has 0 amide bonds. The summed E-state index contributed by atoms with van der Waals surface area (Å²) in [5, 5.41) is 3.30. The Morgan fingerprint density at radius 1 is 1.42 bits per heavy atom. The van der Waals surface area contributed by atoms with Gasteiger partial charge in [-0.25, -0.2) is 8.42 Å². The van der Waals surface area contributed by atoms with Crippen molar-refractivity contribution in [2.24, 2.45) is 4.99 Å². The van der Waals surface area contributed by atoms with E-state index in [0.29, 0.717) is 25.6 Å². The second-order valence-electron chi connectivity index (χ2n) is 6.95. The van der Waals surface area contributed by atoms with Crippen LogP contribution < -0.4 is 10.1 Å². The number of methoxy groups -OCH3 is 1. The highest BCUT2D eigenvalue weighted by atomic mass is 127. The van der Waals surface area contributed by atoms with Gasteiger partial charge in [-0.15, -0.1) is 24.0 Å². The number of nitrogens with zero attached hydrogens (tertiary/aromatic N) is 3. The van der Waals surface area contributed by atoms with Crippen molar-refractivity contribution >= 4 is 39.8 Å². The van der Waals surface area contributed by atoms with Crippen LogP contribution >= 0.6 is 24.0 Å². The van der Waals surface area contributed by atoms with E-state index >= 15 is 0 Å². The van der Waals surface area contributed by atoms with Crippen molar-refractivity contribution in [3.63, 3.8) is 0 Å². The SMILES string of the molecule is CN=C(NCc1ncc(C)c(OC)c1C)N1CCS(=O)(=O)C(C)(C)C1.I. The van der Waals surface area contributed by atoms with E-state index in [9.17, 15) is 8.42 Å². The number of halogens is 1. The molecular weight excluding hydrogens is 467 g/mol. The maximum Gasteiger partial charge on any atom is 0.194 e. The predicted octanol–water partition coefficient (Wildman–Crippen LogP) is 1.91. The minimum Gasteiger partial charge on any atom is -0.496 e. The molecule has 0 aliphatic carbocycles. The van der Waals surface area contributed by atoms with Gasteiger partial charge in [-0.1, -0.05) is 0 Å². The van der Waals surface area contributed by atoms with Gasteiger partial charge in [0, 0.05) is 37.5 Å². The van der Waals surface area contributed by atoms with Crippen molar-refractivity contribution in [1.29, 1.82) is 0 Å². The number of guanidine groups is 1. The highest BCUT2D eigenvalue weighted by molar-refractivity contribution is 14.0. The fourth-order valence-electron chi connectivity index (χ4n) is 3.07. The lowest BCUT2D eigenvalue weighted by molar-refractivity contribution is 0.353. The maximum absolute atomic E-state index is 12.2. The van der Waals surface area contributed by atoms with Crippen LogP contribution in [0.4, 0.5) is 0 Å². The zero-order valence-electron chi connectivity index (χ0n) is 16.3. The van der Waals surface area contributed by atoms with Crippen LogP contribution in [0.1, 0.15) is 30.7 Å². The molecule has 2 heterocycles. The maximum atomic E-state index is 12.2. The number of nitrogens with one attached hydrogen (secondary N) is 1. The first-order chi connectivity index (χ1) is 11.6. The summed E-state index contributed by atoms with van der Waals surface area (Å²) in [6.07, 6.45) is 1.79. The van der Waals surface area contributed by atoms with Crippen LogP contribution in [0.2, 0.25) is 0 Å². The van der Waals surface area contributed by atoms with E-state index in [1.54, 1.807) is 34.2 Å². The van der Waals surface area contributed by atoms with Gasteiger partial charge < -0.3 is 15.0 Å². The molecule has 9 heteroatoms. The molecule has 0 unspecified atom stereocenters. The van der Waals surface area contributed by atoms with Gasteiger partial charge in [-0.05, 0) is 27.7 Å². The molecule has 1 aromatic rings. The molecule has 148 valence electrons. The van der Waals surface area contributed by atoms with E-state index in [2.05, 4.69) is 15.3 Å². The van der Waals surface area contributed by atoms with Crippen LogP contribution in [-0.4, -0.2) is 62.0 Å². The van der Waals surface area contributed by atoms with Gasteiger partial charge >= 0.3 is 0 Å². The molecule has 0 atom stereocenters. The van der Waals surface area contributed by atoms with Gasteiger partial charge in [-0.2, -0.15) is 0 Å². The third kappa shape index (κ3) is 4.59. The second-order valence-corrected chi connectivity index (χ2v) is 9.69.